The molecule has 1 aromatic carbocycles. The molecule has 0 radical (unpaired) electrons. The molecule has 5 heteroatoms. The van der Waals surface area contributed by atoms with Crippen molar-refractivity contribution in [1.82, 2.24) is 0 Å². The second kappa shape index (κ2) is 7.64. The zero-order valence-corrected chi connectivity index (χ0v) is 10.6. The van der Waals surface area contributed by atoms with Crippen LogP contribution >= 0.6 is 0 Å². The Morgan fingerprint density at radius 3 is 2.56 bits per heavy atom. The van der Waals surface area contributed by atoms with Crippen LogP contribution in [0.5, 0.6) is 0 Å². The molecular weight excluding hydrogens is 235 g/mol. The molecule has 0 atom stereocenters. The minimum atomic E-state index is -0.519. The highest BCUT2D eigenvalue weighted by atomic mass is 19.1. The molecule has 0 aromatic heterocycles. The van der Waals surface area contributed by atoms with Crippen LogP contribution in [-0.4, -0.2) is 26.0 Å². The van der Waals surface area contributed by atoms with E-state index in [0.29, 0.717) is 25.4 Å². The third-order valence-electron chi connectivity index (χ3n) is 2.26. The first-order valence-electron chi connectivity index (χ1n) is 5.88. The summed E-state index contributed by atoms with van der Waals surface area (Å²) in [6.07, 6.45) is -0.351. The van der Waals surface area contributed by atoms with Crippen LogP contribution in [0, 0.1) is 17.1 Å². The Kier molecular flexibility index (Phi) is 6.12. The topological polar surface area (TPSA) is 54.3 Å². The third kappa shape index (κ3) is 4.32. The molecule has 0 fully saturated rings. The van der Waals surface area contributed by atoms with Gasteiger partial charge < -0.3 is 14.8 Å². The Balaban J connectivity index is 2.59. The summed E-state index contributed by atoms with van der Waals surface area (Å²) >= 11 is 0. The Labute approximate surface area is 106 Å². The average molecular weight is 252 g/mol. The van der Waals surface area contributed by atoms with Crippen molar-refractivity contribution in [2.75, 3.05) is 25.1 Å². The largest absolute Gasteiger partial charge is 0.380 e. The quantitative estimate of drug-likeness (QED) is 0.757. The van der Waals surface area contributed by atoms with E-state index >= 15 is 0 Å². The van der Waals surface area contributed by atoms with Gasteiger partial charge in [0.25, 0.3) is 0 Å². The molecule has 0 aliphatic rings. The van der Waals surface area contributed by atoms with Gasteiger partial charge in [-0.15, -0.1) is 0 Å². The van der Waals surface area contributed by atoms with Crippen molar-refractivity contribution in [3.63, 3.8) is 0 Å². The molecule has 0 unspecified atom stereocenters. The SMILES string of the molecule is CCOC(CNc1ccc(F)c(C#N)c1)OCC. The van der Waals surface area contributed by atoms with Crippen LogP contribution in [0.15, 0.2) is 18.2 Å². The molecule has 1 rings (SSSR count). The highest BCUT2D eigenvalue weighted by Crippen LogP contribution is 2.14. The van der Waals surface area contributed by atoms with Gasteiger partial charge in [-0.3, -0.25) is 0 Å². The molecule has 0 aliphatic heterocycles. The van der Waals surface area contributed by atoms with Gasteiger partial charge in [0.2, 0.25) is 0 Å². The minimum absolute atomic E-state index is 0.0179. The van der Waals surface area contributed by atoms with Crippen LogP contribution in [0.2, 0.25) is 0 Å². The molecule has 4 nitrogen and oxygen atoms in total. The van der Waals surface area contributed by atoms with Gasteiger partial charge in [-0.2, -0.15) is 5.26 Å². The number of nitrogens with zero attached hydrogens (tertiary/aromatic N) is 1. The van der Waals surface area contributed by atoms with Gasteiger partial charge in [0.05, 0.1) is 12.1 Å². The summed E-state index contributed by atoms with van der Waals surface area (Å²) in [7, 11) is 0. The summed E-state index contributed by atoms with van der Waals surface area (Å²) in [6.45, 7) is 5.33. The number of ether oxygens (including phenoxy) is 2. The number of nitriles is 1. The summed E-state index contributed by atoms with van der Waals surface area (Å²) < 4.78 is 23.8. The van der Waals surface area contributed by atoms with Gasteiger partial charge in [-0.1, -0.05) is 0 Å². The van der Waals surface area contributed by atoms with Crippen molar-refractivity contribution in [2.24, 2.45) is 0 Å². The smallest absolute Gasteiger partial charge is 0.174 e. The lowest BCUT2D eigenvalue weighted by Crippen LogP contribution is -2.26. The molecule has 1 N–H and O–H groups in total. The molecule has 98 valence electrons. The lowest BCUT2D eigenvalue weighted by Gasteiger charge is -2.18. The van der Waals surface area contributed by atoms with E-state index < -0.39 is 5.82 Å². The van der Waals surface area contributed by atoms with Crippen LogP contribution in [0.1, 0.15) is 19.4 Å². The van der Waals surface area contributed by atoms with Crippen molar-refractivity contribution in [1.29, 1.82) is 5.26 Å². The van der Waals surface area contributed by atoms with E-state index in [4.69, 9.17) is 14.7 Å². The maximum atomic E-state index is 13.1. The standard InChI is InChI=1S/C13H17FN2O2/c1-3-17-13(18-4-2)9-16-11-5-6-12(14)10(7-11)8-15/h5-7,13,16H,3-4,9H2,1-2H3. The third-order valence-corrected chi connectivity index (χ3v) is 2.26. The number of halogens is 1. The predicted molar refractivity (Wildman–Crippen MR) is 66.6 cm³/mol. The van der Waals surface area contributed by atoms with E-state index in [1.54, 1.807) is 12.1 Å². The van der Waals surface area contributed by atoms with Gasteiger partial charge in [-0.25, -0.2) is 4.39 Å². The fourth-order valence-corrected chi connectivity index (χ4v) is 1.46. The van der Waals surface area contributed by atoms with E-state index in [-0.39, 0.29) is 11.9 Å². The molecule has 0 heterocycles. The van der Waals surface area contributed by atoms with E-state index in [1.165, 1.54) is 12.1 Å². The van der Waals surface area contributed by atoms with Crippen LogP contribution in [0.3, 0.4) is 0 Å². The van der Waals surface area contributed by atoms with Crippen molar-refractivity contribution < 1.29 is 13.9 Å². The van der Waals surface area contributed by atoms with Gasteiger partial charge in [-0.05, 0) is 32.0 Å². The molecule has 0 spiro atoms. The molecule has 0 saturated carbocycles. The number of anilines is 1. The maximum Gasteiger partial charge on any atom is 0.174 e. The van der Waals surface area contributed by atoms with Crippen LogP contribution in [0.4, 0.5) is 10.1 Å². The van der Waals surface area contributed by atoms with Crippen molar-refractivity contribution in [3.8, 4) is 6.07 Å². The first-order chi connectivity index (χ1) is 8.71. The predicted octanol–water partition coefficient (Wildman–Crippen LogP) is 2.51. The first kappa shape index (κ1) is 14.4. The summed E-state index contributed by atoms with van der Waals surface area (Å²) in [5.74, 6) is -0.519. The number of benzene rings is 1. The highest BCUT2D eigenvalue weighted by Gasteiger charge is 2.08. The molecular formula is C13H17FN2O2. The molecule has 0 amide bonds. The average Bonchev–Trinajstić information content (AvgIpc) is 2.38. The first-order valence-corrected chi connectivity index (χ1v) is 5.88. The second-order valence-corrected chi connectivity index (χ2v) is 3.53. The van der Waals surface area contributed by atoms with Crippen molar-refractivity contribution in [2.45, 2.75) is 20.1 Å². The summed E-state index contributed by atoms with van der Waals surface area (Å²) in [5, 5.41) is 11.8. The normalized spacial score (nSPS) is 10.4. The van der Waals surface area contributed by atoms with E-state index in [1.807, 2.05) is 13.8 Å². The summed E-state index contributed by atoms with van der Waals surface area (Å²) in [6, 6.07) is 6.09. The molecule has 0 saturated heterocycles. The van der Waals surface area contributed by atoms with Gasteiger partial charge in [0.15, 0.2) is 6.29 Å². The van der Waals surface area contributed by atoms with E-state index in [9.17, 15) is 4.39 Å². The van der Waals surface area contributed by atoms with Gasteiger partial charge in [0, 0.05) is 18.9 Å². The van der Waals surface area contributed by atoms with Gasteiger partial charge in [0.1, 0.15) is 11.9 Å². The number of hydrogen-bond acceptors (Lipinski definition) is 4. The van der Waals surface area contributed by atoms with Crippen LogP contribution in [0.25, 0.3) is 0 Å². The summed E-state index contributed by atoms with van der Waals surface area (Å²) in [4.78, 5) is 0. The Morgan fingerprint density at radius 2 is 2.00 bits per heavy atom. The summed E-state index contributed by atoms with van der Waals surface area (Å²) in [5.41, 5.74) is 0.682. The zero-order valence-electron chi connectivity index (χ0n) is 10.6. The Bertz CT molecular complexity index is 412. The van der Waals surface area contributed by atoms with E-state index in [0.717, 1.165) is 0 Å². The zero-order chi connectivity index (χ0) is 13.4. The number of hydrogen-bond donors (Lipinski definition) is 1. The molecule has 1 aromatic rings. The van der Waals surface area contributed by atoms with Gasteiger partial charge >= 0.3 is 0 Å². The highest BCUT2D eigenvalue weighted by molar-refractivity contribution is 5.49. The van der Waals surface area contributed by atoms with Crippen molar-refractivity contribution in [3.05, 3.63) is 29.6 Å². The Hall–Kier alpha value is -1.64. The van der Waals surface area contributed by atoms with Crippen molar-refractivity contribution >= 4 is 5.69 Å². The second-order valence-electron chi connectivity index (χ2n) is 3.53. The number of nitrogens with one attached hydrogen (secondary N) is 1. The van der Waals surface area contributed by atoms with E-state index in [2.05, 4.69) is 5.32 Å². The number of rotatable bonds is 7. The minimum Gasteiger partial charge on any atom is -0.380 e. The fourth-order valence-electron chi connectivity index (χ4n) is 1.46. The Morgan fingerprint density at radius 1 is 1.33 bits per heavy atom. The lowest BCUT2D eigenvalue weighted by atomic mass is 10.2. The lowest BCUT2D eigenvalue weighted by molar-refractivity contribution is -0.126. The molecule has 18 heavy (non-hydrogen) atoms. The molecule has 0 bridgehead atoms. The van der Waals surface area contributed by atoms with Crippen LogP contribution < -0.4 is 5.32 Å². The fraction of sp³-hybridized carbons (Fsp3) is 0.462. The maximum absolute atomic E-state index is 13.1. The van der Waals surface area contributed by atoms with Crippen LogP contribution in [-0.2, 0) is 9.47 Å². The monoisotopic (exact) mass is 252 g/mol. The molecule has 0 aliphatic carbocycles.